The van der Waals surface area contributed by atoms with Gasteiger partial charge in [-0.05, 0) is 39.7 Å². The Hall–Kier alpha value is -1.34. The molecule has 0 unspecified atom stereocenters. The second kappa shape index (κ2) is 7.44. The Balaban J connectivity index is 2.67. The van der Waals surface area contributed by atoms with Gasteiger partial charge in [-0.1, -0.05) is 13.0 Å². The minimum atomic E-state index is -3.05. The first kappa shape index (κ1) is 16.7. The minimum Gasteiger partial charge on any atom is -0.491 e. The minimum absolute atomic E-state index is 0.0311. The summed E-state index contributed by atoms with van der Waals surface area (Å²) < 4.78 is 28.7. The van der Waals surface area contributed by atoms with Gasteiger partial charge in [0.2, 0.25) is 0 Å². The third-order valence-electron chi connectivity index (χ3n) is 2.47. The number of benzene rings is 1. The Morgan fingerprint density at radius 2 is 2.15 bits per heavy atom. The maximum absolute atomic E-state index is 11.3. The van der Waals surface area contributed by atoms with Crippen molar-refractivity contribution < 1.29 is 23.1 Å². The van der Waals surface area contributed by atoms with Gasteiger partial charge >= 0.3 is 5.97 Å². The average Bonchev–Trinajstić information content (AvgIpc) is 2.38. The monoisotopic (exact) mass is 362 g/mol. The quantitative estimate of drug-likeness (QED) is 0.753. The van der Waals surface area contributed by atoms with Crippen molar-refractivity contribution in [2.75, 3.05) is 18.1 Å². The van der Waals surface area contributed by atoms with Crippen LogP contribution in [-0.2, 0) is 14.6 Å². The van der Waals surface area contributed by atoms with E-state index >= 15 is 0 Å². The molecule has 0 saturated heterocycles. The zero-order chi connectivity index (χ0) is 15.2. The average molecular weight is 363 g/mol. The summed E-state index contributed by atoms with van der Waals surface area (Å²) in [5.41, 5.74) is 0.702. The Bertz CT molecular complexity index is 607. The fourth-order valence-electron chi connectivity index (χ4n) is 1.33. The maximum atomic E-state index is 11.3. The van der Waals surface area contributed by atoms with E-state index in [0.717, 1.165) is 6.08 Å². The highest BCUT2D eigenvalue weighted by Crippen LogP contribution is 2.26. The lowest BCUT2D eigenvalue weighted by molar-refractivity contribution is -0.131. The molecule has 0 atom stereocenters. The van der Waals surface area contributed by atoms with Crippen LogP contribution in [0.25, 0.3) is 6.08 Å². The lowest BCUT2D eigenvalue weighted by atomic mass is 10.2. The predicted octanol–water partition coefficient (Wildman–Crippen LogP) is 2.36. The summed E-state index contributed by atoms with van der Waals surface area (Å²) in [7, 11) is -3.05. The van der Waals surface area contributed by atoms with Crippen molar-refractivity contribution >= 4 is 37.8 Å². The highest BCUT2D eigenvalue weighted by molar-refractivity contribution is 9.10. The van der Waals surface area contributed by atoms with E-state index in [0.29, 0.717) is 15.8 Å². The molecule has 0 fully saturated rings. The number of rotatable bonds is 7. The zero-order valence-electron chi connectivity index (χ0n) is 10.9. The molecule has 5 nitrogen and oxygen atoms in total. The van der Waals surface area contributed by atoms with Crippen LogP contribution >= 0.6 is 15.9 Å². The number of carboxylic acid groups (broad SMARTS) is 1. The largest absolute Gasteiger partial charge is 0.491 e. The van der Waals surface area contributed by atoms with E-state index in [1.807, 2.05) is 0 Å². The van der Waals surface area contributed by atoms with Crippen LogP contribution in [0.1, 0.15) is 12.5 Å². The smallest absolute Gasteiger partial charge is 0.328 e. The van der Waals surface area contributed by atoms with Gasteiger partial charge in [0.25, 0.3) is 0 Å². The number of hydrogen-bond donors (Lipinski definition) is 1. The molecule has 1 N–H and O–H groups in total. The Kier molecular flexibility index (Phi) is 6.22. The molecule has 0 radical (unpaired) electrons. The van der Waals surface area contributed by atoms with E-state index in [-0.39, 0.29) is 18.1 Å². The number of aliphatic carboxylic acids is 1. The number of hydrogen-bond acceptors (Lipinski definition) is 4. The first-order valence-corrected chi connectivity index (χ1v) is 8.49. The lowest BCUT2D eigenvalue weighted by Crippen LogP contribution is -2.15. The summed E-state index contributed by atoms with van der Waals surface area (Å²) in [5, 5.41) is 8.53. The molecule has 0 saturated carbocycles. The number of sulfone groups is 1. The van der Waals surface area contributed by atoms with Gasteiger partial charge < -0.3 is 9.84 Å². The van der Waals surface area contributed by atoms with Gasteiger partial charge in [-0.3, -0.25) is 0 Å². The second-order valence-corrected chi connectivity index (χ2v) is 7.27. The normalized spacial score (nSPS) is 11.7. The van der Waals surface area contributed by atoms with Crippen molar-refractivity contribution in [3.05, 3.63) is 34.3 Å². The topological polar surface area (TPSA) is 80.7 Å². The number of carbonyl (C=O) groups is 1. The van der Waals surface area contributed by atoms with Crippen molar-refractivity contribution in [3.8, 4) is 5.75 Å². The first-order chi connectivity index (χ1) is 9.34. The van der Waals surface area contributed by atoms with Crippen LogP contribution in [0.2, 0.25) is 0 Å². The van der Waals surface area contributed by atoms with Crippen molar-refractivity contribution in [2.45, 2.75) is 6.92 Å². The van der Waals surface area contributed by atoms with Gasteiger partial charge in [-0.15, -0.1) is 0 Å². The number of ether oxygens (including phenoxy) is 1. The molecule has 20 heavy (non-hydrogen) atoms. The van der Waals surface area contributed by atoms with Crippen LogP contribution in [0.4, 0.5) is 0 Å². The zero-order valence-corrected chi connectivity index (χ0v) is 13.3. The summed E-state index contributed by atoms with van der Waals surface area (Å²) in [6.07, 6.45) is 2.49. The van der Waals surface area contributed by atoms with Gasteiger partial charge in [-0.25, -0.2) is 13.2 Å². The van der Waals surface area contributed by atoms with Crippen LogP contribution in [0.5, 0.6) is 5.75 Å². The van der Waals surface area contributed by atoms with Gasteiger partial charge in [0.05, 0.1) is 10.2 Å². The molecule has 0 amide bonds. The van der Waals surface area contributed by atoms with Gasteiger partial charge in [0.1, 0.15) is 12.4 Å². The summed E-state index contributed by atoms with van der Waals surface area (Å²) in [5.74, 6) is -0.442. The third-order valence-corrected chi connectivity index (χ3v) is 4.75. The molecule has 110 valence electrons. The third kappa shape index (κ3) is 5.75. The Morgan fingerprint density at radius 1 is 1.45 bits per heavy atom. The Labute approximate surface area is 126 Å². The first-order valence-electron chi connectivity index (χ1n) is 5.88. The summed E-state index contributed by atoms with van der Waals surface area (Å²) >= 11 is 3.30. The van der Waals surface area contributed by atoms with Crippen LogP contribution in [0.15, 0.2) is 28.7 Å². The fourth-order valence-corrected chi connectivity index (χ4v) is 2.47. The molecule has 0 aliphatic carbocycles. The SMILES string of the molecule is CCS(=O)(=O)CCOc1ccc(C=CC(=O)O)cc1Br. The lowest BCUT2D eigenvalue weighted by Gasteiger charge is -2.08. The van der Waals surface area contributed by atoms with Crippen molar-refractivity contribution in [1.82, 2.24) is 0 Å². The van der Waals surface area contributed by atoms with E-state index in [4.69, 9.17) is 9.84 Å². The van der Waals surface area contributed by atoms with Crippen molar-refractivity contribution in [1.29, 1.82) is 0 Å². The molecule has 0 aliphatic heterocycles. The van der Waals surface area contributed by atoms with E-state index in [1.165, 1.54) is 6.08 Å². The van der Waals surface area contributed by atoms with Crippen LogP contribution < -0.4 is 4.74 Å². The van der Waals surface area contributed by atoms with Crippen LogP contribution in [0.3, 0.4) is 0 Å². The summed E-state index contributed by atoms with van der Waals surface area (Å²) in [4.78, 5) is 10.4. The molecular formula is C13H15BrO5S. The van der Waals surface area contributed by atoms with E-state index < -0.39 is 15.8 Å². The molecule has 1 rings (SSSR count). The molecule has 0 aliphatic rings. The summed E-state index contributed by atoms with van der Waals surface area (Å²) in [6.45, 7) is 1.67. The van der Waals surface area contributed by atoms with E-state index in [2.05, 4.69) is 15.9 Å². The summed E-state index contributed by atoms with van der Waals surface area (Å²) in [6, 6.07) is 5.04. The van der Waals surface area contributed by atoms with Crippen LogP contribution in [-0.4, -0.2) is 37.6 Å². The standard InChI is InChI=1S/C13H15BrO5S/c1-2-20(17,18)8-7-19-12-5-3-10(9-11(12)14)4-6-13(15)16/h3-6,9H,2,7-8H2,1H3,(H,15,16). The highest BCUT2D eigenvalue weighted by atomic mass is 79.9. The van der Waals surface area contributed by atoms with Gasteiger partial charge in [0, 0.05) is 11.8 Å². The van der Waals surface area contributed by atoms with Gasteiger partial charge in [0.15, 0.2) is 9.84 Å². The molecule has 0 bridgehead atoms. The fraction of sp³-hybridized carbons (Fsp3) is 0.308. The number of halogens is 1. The van der Waals surface area contributed by atoms with E-state index in [9.17, 15) is 13.2 Å². The molecule has 1 aromatic rings. The van der Waals surface area contributed by atoms with Crippen molar-refractivity contribution in [2.24, 2.45) is 0 Å². The van der Waals surface area contributed by atoms with Crippen molar-refractivity contribution in [3.63, 3.8) is 0 Å². The maximum Gasteiger partial charge on any atom is 0.328 e. The van der Waals surface area contributed by atoms with Crippen LogP contribution in [0, 0.1) is 0 Å². The predicted molar refractivity (Wildman–Crippen MR) is 80.6 cm³/mol. The molecular weight excluding hydrogens is 348 g/mol. The molecule has 7 heteroatoms. The second-order valence-electron chi connectivity index (χ2n) is 3.95. The molecule has 0 aromatic heterocycles. The molecule has 0 spiro atoms. The number of carboxylic acids is 1. The molecule has 0 heterocycles. The Morgan fingerprint density at radius 3 is 2.70 bits per heavy atom. The highest BCUT2D eigenvalue weighted by Gasteiger charge is 2.08. The van der Waals surface area contributed by atoms with Gasteiger partial charge in [-0.2, -0.15) is 0 Å². The van der Waals surface area contributed by atoms with E-state index in [1.54, 1.807) is 25.1 Å². The molecule has 1 aromatic carbocycles.